The Hall–Kier alpha value is -4.15. The van der Waals surface area contributed by atoms with Gasteiger partial charge >= 0.3 is 5.97 Å². The normalized spacial score (nSPS) is 14.9. The van der Waals surface area contributed by atoms with E-state index in [0.717, 1.165) is 12.8 Å². The van der Waals surface area contributed by atoms with Crippen LogP contribution in [0.1, 0.15) is 40.2 Å². The van der Waals surface area contributed by atoms with Gasteiger partial charge in [-0.05, 0) is 60.9 Å². The second kappa shape index (κ2) is 12.0. The summed E-state index contributed by atoms with van der Waals surface area (Å²) in [4.78, 5) is 20.8. The summed E-state index contributed by atoms with van der Waals surface area (Å²) in [5, 5.41) is 9.50. The van der Waals surface area contributed by atoms with Gasteiger partial charge in [0.15, 0.2) is 0 Å². The van der Waals surface area contributed by atoms with Crippen LogP contribution in [0.4, 0.5) is 8.78 Å². The first-order valence-corrected chi connectivity index (χ1v) is 14.3. The maximum absolute atomic E-state index is 15.5. The van der Waals surface area contributed by atoms with E-state index in [-0.39, 0.29) is 30.5 Å². The third-order valence-corrected chi connectivity index (χ3v) is 7.79. The molecule has 1 aliphatic heterocycles. The zero-order chi connectivity index (χ0) is 29.2. The number of imidazole rings is 1. The molecule has 1 aliphatic rings. The Balaban J connectivity index is 1.24. The zero-order valence-corrected chi connectivity index (χ0v) is 24.0. The molecule has 3 heterocycles. The number of hydrogen-bond donors (Lipinski definition) is 1. The molecule has 0 radical (unpaired) electrons. The number of benzene rings is 3. The van der Waals surface area contributed by atoms with Crippen LogP contribution in [-0.4, -0.2) is 38.3 Å². The average molecular weight is 634 g/mol. The molecule has 2 aromatic heterocycles. The lowest BCUT2D eigenvalue weighted by Gasteiger charge is -2.15. The predicted molar refractivity (Wildman–Crippen MR) is 157 cm³/mol. The number of fused-ring (bicyclic) bond motifs is 1. The lowest BCUT2D eigenvalue weighted by atomic mass is 10.1. The van der Waals surface area contributed by atoms with Crippen molar-refractivity contribution in [2.45, 2.75) is 38.5 Å². The van der Waals surface area contributed by atoms with Crippen LogP contribution in [0.15, 0.2) is 77.3 Å². The molecule has 10 heteroatoms. The summed E-state index contributed by atoms with van der Waals surface area (Å²) in [6, 6.07) is 19.6. The fourth-order valence-electron chi connectivity index (χ4n) is 5.10. The molecule has 5 aromatic rings. The minimum atomic E-state index is -1.02. The predicted octanol–water partition coefficient (Wildman–Crippen LogP) is 7.19. The van der Waals surface area contributed by atoms with Crippen molar-refractivity contribution in [1.29, 1.82) is 0 Å². The van der Waals surface area contributed by atoms with Gasteiger partial charge < -0.3 is 19.1 Å². The van der Waals surface area contributed by atoms with E-state index < -0.39 is 11.8 Å². The van der Waals surface area contributed by atoms with Gasteiger partial charge in [0.2, 0.25) is 5.88 Å². The Labute approximate surface area is 248 Å². The number of pyridine rings is 1. The molecule has 6 rings (SSSR count). The van der Waals surface area contributed by atoms with Crippen molar-refractivity contribution in [3.05, 3.63) is 111 Å². The molecule has 214 valence electrons. The first kappa shape index (κ1) is 28.0. The van der Waals surface area contributed by atoms with E-state index in [0.29, 0.717) is 62.7 Å². The Morgan fingerprint density at radius 3 is 2.62 bits per heavy atom. The van der Waals surface area contributed by atoms with Gasteiger partial charge in [0, 0.05) is 34.7 Å². The highest BCUT2D eigenvalue weighted by Gasteiger charge is 2.21. The molecule has 0 amide bonds. The first-order valence-electron chi connectivity index (χ1n) is 13.5. The van der Waals surface area contributed by atoms with E-state index in [1.807, 2.05) is 4.57 Å². The van der Waals surface area contributed by atoms with Crippen LogP contribution in [0.3, 0.4) is 0 Å². The van der Waals surface area contributed by atoms with Crippen LogP contribution in [0.2, 0.25) is 0 Å². The number of carbonyl (C=O) groups is 1. The second-order valence-corrected chi connectivity index (χ2v) is 11.1. The van der Waals surface area contributed by atoms with Gasteiger partial charge in [-0.1, -0.05) is 40.2 Å². The SMILES string of the molecule is O=C(O)c1ccc2nc(Cc3ccc(-c4cccc(OCc5ccc(Br)cc5F)n4)cc3F)n(CC3CCCO3)c2c1. The van der Waals surface area contributed by atoms with Crippen molar-refractivity contribution < 1.29 is 28.2 Å². The fraction of sp³-hybridized carbons (Fsp3) is 0.219. The minimum absolute atomic E-state index is 0.00369. The highest BCUT2D eigenvalue weighted by atomic mass is 79.9. The summed E-state index contributed by atoms with van der Waals surface area (Å²) in [5.74, 6) is -0.899. The van der Waals surface area contributed by atoms with E-state index in [4.69, 9.17) is 14.5 Å². The third kappa shape index (κ3) is 6.05. The van der Waals surface area contributed by atoms with Gasteiger partial charge in [-0.2, -0.15) is 0 Å². The molecule has 42 heavy (non-hydrogen) atoms. The zero-order valence-electron chi connectivity index (χ0n) is 22.4. The molecule has 1 saturated heterocycles. The van der Waals surface area contributed by atoms with Crippen LogP contribution in [0.25, 0.3) is 22.3 Å². The number of hydrogen-bond acceptors (Lipinski definition) is 5. The van der Waals surface area contributed by atoms with E-state index in [1.165, 1.54) is 18.2 Å². The van der Waals surface area contributed by atoms with Crippen LogP contribution in [-0.2, 0) is 24.3 Å². The van der Waals surface area contributed by atoms with Crippen molar-refractivity contribution in [3.8, 4) is 17.1 Å². The molecular formula is C32H26BrF2N3O4. The lowest BCUT2D eigenvalue weighted by Crippen LogP contribution is -2.17. The number of rotatable bonds is 9. The number of aromatic nitrogens is 3. The van der Waals surface area contributed by atoms with Gasteiger partial charge in [-0.15, -0.1) is 0 Å². The number of carboxylic acid groups (broad SMARTS) is 1. The molecule has 0 bridgehead atoms. The Bertz CT molecular complexity index is 1790. The maximum Gasteiger partial charge on any atom is 0.335 e. The molecule has 0 spiro atoms. The summed E-state index contributed by atoms with van der Waals surface area (Å²) >= 11 is 3.24. The highest BCUT2D eigenvalue weighted by Crippen LogP contribution is 2.27. The molecule has 1 atom stereocenters. The molecule has 0 saturated carbocycles. The quantitative estimate of drug-likeness (QED) is 0.185. The van der Waals surface area contributed by atoms with E-state index in [2.05, 4.69) is 20.9 Å². The van der Waals surface area contributed by atoms with Crippen molar-refractivity contribution in [3.63, 3.8) is 0 Å². The summed E-state index contributed by atoms with van der Waals surface area (Å²) in [6.45, 7) is 1.20. The number of halogens is 3. The monoisotopic (exact) mass is 633 g/mol. The van der Waals surface area contributed by atoms with E-state index in [1.54, 1.807) is 54.6 Å². The Morgan fingerprint density at radius 1 is 1.02 bits per heavy atom. The van der Waals surface area contributed by atoms with Crippen molar-refractivity contribution >= 4 is 32.9 Å². The molecule has 1 N–H and O–H groups in total. The summed E-state index contributed by atoms with van der Waals surface area (Å²) in [6.07, 6.45) is 2.06. The van der Waals surface area contributed by atoms with E-state index >= 15 is 4.39 Å². The van der Waals surface area contributed by atoms with Crippen molar-refractivity contribution in [2.75, 3.05) is 6.61 Å². The summed E-state index contributed by atoms with van der Waals surface area (Å²) < 4.78 is 43.8. The van der Waals surface area contributed by atoms with Gasteiger partial charge in [0.25, 0.3) is 0 Å². The first-order chi connectivity index (χ1) is 20.3. The van der Waals surface area contributed by atoms with Crippen molar-refractivity contribution in [2.24, 2.45) is 0 Å². The second-order valence-electron chi connectivity index (χ2n) is 10.2. The van der Waals surface area contributed by atoms with Gasteiger partial charge in [-0.3, -0.25) is 0 Å². The smallest absolute Gasteiger partial charge is 0.335 e. The fourth-order valence-corrected chi connectivity index (χ4v) is 5.44. The topological polar surface area (TPSA) is 86.5 Å². The van der Waals surface area contributed by atoms with Crippen LogP contribution in [0.5, 0.6) is 5.88 Å². The summed E-state index contributed by atoms with van der Waals surface area (Å²) in [7, 11) is 0. The van der Waals surface area contributed by atoms with Crippen LogP contribution >= 0.6 is 15.9 Å². The van der Waals surface area contributed by atoms with Gasteiger partial charge in [0.1, 0.15) is 24.1 Å². The third-order valence-electron chi connectivity index (χ3n) is 7.30. The number of aromatic carboxylic acids is 1. The molecule has 1 fully saturated rings. The van der Waals surface area contributed by atoms with Crippen LogP contribution < -0.4 is 4.74 Å². The van der Waals surface area contributed by atoms with Gasteiger partial charge in [0.05, 0.1) is 34.9 Å². The average Bonchev–Trinajstić information content (AvgIpc) is 3.61. The standard InChI is InChI=1S/C32H26BrF2N3O4/c33-23-10-8-22(26(35)16-23)18-42-31-5-1-4-27(37-31)20-7-6-19(25(34)13-20)15-30-36-28-11-9-21(32(39)40)14-29(28)38(30)17-24-3-2-12-41-24/h1,4-11,13-14,16,24H,2-3,12,15,17-18H2,(H,39,40). The highest BCUT2D eigenvalue weighted by molar-refractivity contribution is 9.10. The molecule has 7 nitrogen and oxygen atoms in total. The number of ether oxygens (including phenoxy) is 2. The Morgan fingerprint density at radius 2 is 1.86 bits per heavy atom. The largest absolute Gasteiger partial charge is 0.478 e. The molecule has 3 aromatic carbocycles. The lowest BCUT2D eigenvalue weighted by molar-refractivity contribution is 0.0697. The van der Waals surface area contributed by atoms with Gasteiger partial charge in [-0.25, -0.2) is 23.5 Å². The molecule has 0 aliphatic carbocycles. The molecular weight excluding hydrogens is 608 g/mol. The van der Waals surface area contributed by atoms with Crippen molar-refractivity contribution in [1.82, 2.24) is 14.5 Å². The Kier molecular flexibility index (Phi) is 7.99. The summed E-state index contributed by atoms with van der Waals surface area (Å²) in [5.41, 5.74) is 3.41. The number of carboxylic acids is 1. The minimum Gasteiger partial charge on any atom is -0.478 e. The van der Waals surface area contributed by atoms with Crippen LogP contribution in [0, 0.1) is 11.6 Å². The maximum atomic E-state index is 15.5. The molecule has 1 unspecified atom stereocenters. The number of nitrogens with zero attached hydrogens (tertiary/aromatic N) is 3. The van der Waals surface area contributed by atoms with E-state index in [9.17, 15) is 14.3 Å².